The van der Waals surface area contributed by atoms with Crippen molar-refractivity contribution in [2.24, 2.45) is 0 Å². The number of phenols is 1. The highest BCUT2D eigenvalue weighted by Crippen LogP contribution is 2.36. The first kappa shape index (κ1) is 8.00. The minimum absolute atomic E-state index is 0.0832. The Bertz CT molecular complexity index is 360. The summed E-state index contributed by atoms with van der Waals surface area (Å²) in [6.07, 6.45) is 0. The maximum atomic E-state index is 10.4. The van der Waals surface area contributed by atoms with Crippen LogP contribution < -0.4 is 5.32 Å². The lowest BCUT2D eigenvalue weighted by atomic mass is 10.1. The molecule has 0 bridgehead atoms. The summed E-state index contributed by atoms with van der Waals surface area (Å²) in [5.41, 5.74) is 0.375. The van der Waals surface area contributed by atoms with E-state index in [1.807, 2.05) is 0 Å². The molecule has 1 heterocycles. The smallest absolute Gasteiger partial charge is 0.311 e. The van der Waals surface area contributed by atoms with Gasteiger partial charge in [0.25, 0.3) is 0 Å². The van der Waals surface area contributed by atoms with Gasteiger partial charge in [0.05, 0.1) is 4.92 Å². The Morgan fingerprint density at radius 3 is 2.85 bits per heavy atom. The second-order valence-electron chi connectivity index (χ2n) is 2.93. The summed E-state index contributed by atoms with van der Waals surface area (Å²) in [6.45, 7) is 0.773. The fourth-order valence-electron chi connectivity index (χ4n) is 1.26. The van der Waals surface area contributed by atoms with Crippen molar-refractivity contribution in [3.8, 4) is 5.75 Å². The first-order chi connectivity index (χ1) is 6.20. The molecule has 0 spiro atoms. The van der Waals surface area contributed by atoms with E-state index in [0.29, 0.717) is 5.56 Å². The summed E-state index contributed by atoms with van der Waals surface area (Å²) in [4.78, 5) is 9.86. The van der Waals surface area contributed by atoms with Crippen molar-refractivity contribution in [2.75, 3.05) is 6.54 Å². The number of nitro benzene ring substituents is 1. The molecular formula is C8H8N2O3. The topological polar surface area (TPSA) is 85.3 Å². The summed E-state index contributed by atoms with van der Waals surface area (Å²) in [5.74, 6) is -0.220. The van der Waals surface area contributed by atoms with Crippen LogP contribution >= 0.6 is 0 Å². The molecule has 68 valence electrons. The molecule has 1 fully saturated rings. The number of rotatable bonds is 2. The highest BCUT2D eigenvalue weighted by atomic mass is 16.6. The third-order valence-electron chi connectivity index (χ3n) is 2.03. The molecule has 0 saturated carbocycles. The summed E-state index contributed by atoms with van der Waals surface area (Å²) >= 11 is 0. The Morgan fingerprint density at radius 2 is 2.31 bits per heavy atom. The van der Waals surface area contributed by atoms with Gasteiger partial charge in [0.1, 0.15) is 0 Å². The van der Waals surface area contributed by atoms with Crippen molar-refractivity contribution in [3.63, 3.8) is 0 Å². The first-order valence-corrected chi connectivity index (χ1v) is 3.90. The number of hydrogen-bond acceptors (Lipinski definition) is 4. The lowest BCUT2D eigenvalue weighted by Gasteiger charge is -2.00. The third-order valence-corrected chi connectivity index (χ3v) is 2.03. The average Bonchev–Trinajstić information content (AvgIpc) is 2.87. The van der Waals surface area contributed by atoms with Gasteiger partial charge in [0, 0.05) is 24.2 Å². The van der Waals surface area contributed by atoms with Crippen LogP contribution in [0, 0.1) is 10.1 Å². The third kappa shape index (κ3) is 1.33. The molecule has 1 atom stereocenters. The normalized spacial score (nSPS) is 19.8. The lowest BCUT2D eigenvalue weighted by Crippen LogP contribution is -1.92. The molecule has 2 N–H and O–H groups in total. The van der Waals surface area contributed by atoms with Crippen LogP contribution in [0.25, 0.3) is 0 Å². The number of para-hydroxylation sites is 1. The Balaban J connectivity index is 2.47. The second kappa shape index (κ2) is 2.70. The van der Waals surface area contributed by atoms with Gasteiger partial charge in [-0.05, 0) is 0 Å². The largest absolute Gasteiger partial charge is 0.502 e. The molecule has 1 saturated heterocycles. The van der Waals surface area contributed by atoms with E-state index >= 15 is 0 Å². The molecule has 0 amide bonds. The van der Waals surface area contributed by atoms with Crippen LogP contribution in [-0.2, 0) is 0 Å². The number of aromatic hydroxyl groups is 1. The van der Waals surface area contributed by atoms with E-state index in [-0.39, 0.29) is 17.5 Å². The minimum Gasteiger partial charge on any atom is -0.502 e. The zero-order valence-corrected chi connectivity index (χ0v) is 6.73. The van der Waals surface area contributed by atoms with Gasteiger partial charge in [0.2, 0.25) is 0 Å². The van der Waals surface area contributed by atoms with Crippen LogP contribution in [0.2, 0.25) is 0 Å². The maximum absolute atomic E-state index is 10.4. The molecule has 13 heavy (non-hydrogen) atoms. The quantitative estimate of drug-likeness (QED) is 0.403. The second-order valence-corrected chi connectivity index (χ2v) is 2.93. The van der Waals surface area contributed by atoms with E-state index in [2.05, 4.69) is 5.32 Å². The van der Waals surface area contributed by atoms with E-state index in [9.17, 15) is 15.2 Å². The molecule has 0 aliphatic carbocycles. The molecule has 1 aliphatic heterocycles. The van der Waals surface area contributed by atoms with E-state index in [1.54, 1.807) is 12.1 Å². The molecule has 1 aliphatic rings. The summed E-state index contributed by atoms with van der Waals surface area (Å²) < 4.78 is 0. The van der Waals surface area contributed by atoms with Gasteiger partial charge >= 0.3 is 5.69 Å². The maximum Gasteiger partial charge on any atom is 0.311 e. The Morgan fingerprint density at radius 1 is 1.62 bits per heavy atom. The predicted octanol–water partition coefficient (Wildman–Crippen LogP) is 0.945. The lowest BCUT2D eigenvalue weighted by molar-refractivity contribution is -0.385. The van der Waals surface area contributed by atoms with Gasteiger partial charge < -0.3 is 10.4 Å². The fraction of sp³-hybridized carbons (Fsp3) is 0.250. The van der Waals surface area contributed by atoms with Crippen LogP contribution in [0.1, 0.15) is 11.6 Å². The van der Waals surface area contributed by atoms with E-state index in [4.69, 9.17) is 0 Å². The number of hydrogen-bond donors (Lipinski definition) is 2. The van der Waals surface area contributed by atoms with Gasteiger partial charge in [-0.3, -0.25) is 10.1 Å². The summed E-state index contributed by atoms with van der Waals surface area (Å²) in [5, 5.41) is 22.9. The highest BCUT2D eigenvalue weighted by molar-refractivity contribution is 5.52. The van der Waals surface area contributed by atoms with Crippen molar-refractivity contribution in [1.29, 1.82) is 0 Å². The number of nitrogens with zero attached hydrogens (tertiary/aromatic N) is 1. The van der Waals surface area contributed by atoms with Crippen molar-refractivity contribution < 1.29 is 10.0 Å². The molecule has 1 aromatic rings. The monoisotopic (exact) mass is 180 g/mol. The van der Waals surface area contributed by atoms with Crippen LogP contribution in [-0.4, -0.2) is 16.6 Å². The zero-order chi connectivity index (χ0) is 9.42. The molecule has 1 aromatic carbocycles. The van der Waals surface area contributed by atoms with Crippen LogP contribution in [0.5, 0.6) is 5.75 Å². The Hall–Kier alpha value is -1.62. The number of nitro groups is 1. The van der Waals surface area contributed by atoms with Crippen LogP contribution in [0.4, 0.5) is 5.69 Å². The predicted molar refractivity (Wildman–Crippen MR) is 45.5 cm³/mol. The van der Waals surface area contributed by atoms with Crippen LogP contribution in [0.3, 0.4) is 0 Å². The van der Waals surface area contributed by atoms with Crippen LogP contribution in [0.15, 0.2) is 18.2 Å². The molecule has 5 heteroatoms. The zero-order valence-electron chi connectivity index (χ0n) is 6.73. The van der Waals surface area contributed by atoms with Gasteiger partial charge in [-0.1, -0.05) is 12.1 Å². The minimum atomic E-state index is -0.582. The van der Waals surface area contributed by atoms with E-state index < -0.39 is 4.92 Å². The number of benzene rings is 1. The Labute approximate surface area is 74.2 Å². The number of nitrogens with one attached hydrogen (secondary N) is 1. The molecule has 0 unspecified atom stereocenters. The van der Waals surface area contributed by atoms with Crippen molar-refractivity contribution in [3.05, 3.63) is 33.9 Å². The van der Waals surface area contributed by atoms with E-state index in [1.165, 1.54) is 6.07 Å². The standard InChI is InChI=1S/C8H8N2O3/c11-8-5(6-4-9-6)2-1-3-7(8)10(12)13/h1-3,6,9,11H,4H2/t6-/m1/s1. The molecule has 5 nitrogen and oxygen atoms in total. The highest BCUT2D eigenvalue weighted by Gasteiger charge is 2.28. The van der Waals surface area contributed by atoms with Gasteiger partial charge in [0.15, 0.2) is 5.75 Å². The van der Waals surface area contributed by atoms with E-state index in [0.717, 1.165) is 6.54 Å². The molecule has 2 rings (SSSR count). The molecule has 0 radical (unpaired) electrons. The van der Waals surface area contributed by atoms with Gasteiger partial charge in [-0.15, -0.1) is 0 Å². The summed E-state index contributed by atoms with van der Waals surface area (Å²) in [6, 6.07) is 4.64. The average molecular weight is 180 g/mol. The van der Waals surface area contributed by atoms with Gasteiger partial charge in [-0.25, -0.2) is 0 Å². The Kier molecular flexibility index (Phi) is 1.66. The molecular weight excluding hydrogens is 172 g/mol. The van der Waals surface area contributed by atoms with Gasteiger partial charge in [-0.2, -0.15) is 0 Å². The van der Waals surface area contributed by atoms with Crippen molar-refractivity contribution in [1.82, 2.24) is 5.32 Å². The fourth-order valence-corrected chi connectivity index (χ4v) is 1.26. The first-order valence-electron chi connectivity index (χ1n) is 3.90. The van der Waals surface area contributed by atoms with Crippen molar-refractivity contribution in [2.45, 2.75) is 6.04 Å². The SMILES string of the molecule is O=[N+]([O-])c1cccc([C@H]2CN2)c1O. The number of phenolic OH excluding ortho intramolecular Hbond substituents is 1. The summed E-state index contributed by atoms with van der Waals surface area (Å²) in [7, 11) is 0. The molecule has 0 aromatic heterocycles. The van der Waals surface area contributed by atoms with Crippen molar-refractivity contribution >= 4 is 5.69 Å².